The van der Waals surface area contributed by atoms with Crippen molar-refractivity contribution in [2.45, 2.75) is 44.2 Å². The van der Waals surface area contributed by atoms with Crippen LogP contribution in [-0.4, -0.2) is 49.1 Å². The Morgan fingerprint density at radius 2 is 2.10 bits per heavy atom. The molecule has 1 aliphatic heterocycles. The second-order valence-corrected chi connectivity index (χ2v) is 5.46. The molecule has 1 aromatic rings. The highest BCUT2D eigenvalue weighted by molar-refractivity contribution is 5.94. The molecule has 1 aliphatic carbocycles. The van der Waals surface area contributed by atoms with Gasteiger partial charge in [-0.25, -0.2) is 4.79 Å². The molecule has 4 N–H and O–H groups in total. The van der Waals surface area contributed by atoms with Gasteiger partial charge in [-0.2, -0.15) is 4.98 Å². The minimum absolute atomic E-state index is 0.0105. The SMILES string of the molecule is Nc1n[nH]c(C(=O)N2C(C(=O)O)CC3CCCCC32)n1. The van der Waals surface area contributed by atoms with E-state index in [2.05, 4.69) is 15.2 Å². The number of nitrogens with two attached hydrogens (primary N) is 1. The first kappa shape index (κ1) is 12.9. The van der Waals surface area contributed by atoms with E-state index in [1.54, 1.807) is 0 Å². The normalized spacial score (nSPS) is 29.2. The van der Waals surface area contributed by atoms with E-state index in [4.69, 9.17) is 5.73 Å². The Balaban J connectivity index is 1.90. The second kappa shape index (κ2) is 4.77. The van der Waals surface area contributed by atoms with Crippen molar-refractivity contribution in [2.75, 3.05) is 5.73 Å². The lowest BCUT2D eigenvalue weighted by Gasteiger charge is -2.32. The van der Waals surface area contributed by atoms with Crippen LogP contribution < -0.4 is 5.73 Å². The van der Waals surface area contributed by atoms with Crippen molar-refractivity contribution in [3.8, 4) is 0 Å². The van der Waals surface area contributed by atoms with E-state index in [9.17, 15) is 14.7 Å². The van der Waals surface area contributed by atoms with Crippen LogP contribution in [-0.2, 0) is 4.79 Å². The molecule has 0 bridgehead atoms. The first-order chi connectivity index (χ1) is 9.58. The summed E-state index contributed by atoms with van der Waals surface area (Å²) in [5, 5.41) is 15.5. The summed E-state index contributed by atoms with van der Waals surface area (Å²) in [4.78, 5) is 29.2. The van der Waals surface area contributed by atoms with Gasteiger partial charge in [-0.05, 0) is 25.2 Å². The number of carboxylic acid groups (broad SMARTS) is 1. The summed E-state index contributed by atoms with van der Waals surface area (Å²) in [5.74, 6) is -1.11. The molecule has 3 atom stereocenters. The van der Waals surface area contributed by atoms with Crippen LogP contribution in [0.15, 0.2) is 0 Å². The van der Waals surface area contributed by atoms with Gasteiger partial charge in [-0.3, -0.25) is 9.89 Å². The van der Waals surface area contributed by atoms with E-state index >= 15 is 0 Å². The van der Waals surface area contributed by atoms with Crippen molar-refractivity contribution in [3.63, 3.8) is 0 Å². The summed E-state index contributed by atoms with van der Waals surface area (Å²) in [5.41, 5.74) is 5.40. The zero-order valence-corrected chi connectivity index (χ0v) is 11.0. The summed E-state index contributed by atoms with van der Waals surface area (Å²) < 4.78 is 0. The predicted molar refractivity (Wildman–Crippen MR) is 68.8 cm³/mol. The molecule has 2 heterocycles. The van der Waals surface area contributed by atoms with Crippen LogP contribution in [0.5, 0.6) is 0 Å². The number of fused-ring (bicyclic) bond motifs is 1. The van der Waals surface area contributed by atoms with Crippen LogP contribution in [0.4, 0.5) is 5.95 Å². The van der Waals surface area contributed by atoms with Crippen molar-refractivity contribution in [1.82, 2.24) is 20.1 Å². The number of hydrogen-bond donors (Lipinski definition) is 3. The summed E-state index contributed by atoms with van der Waals surface area (Å²) >= 11 is 0. The number of hydrogen-bond acceptors (Lipinski definition) is 5. The fourth-order valence-corrected chi connectivity index (χ4v) is 3.47. The topological polar surface area (TPSA) is 125 Å². The first-order valence-corrected chi connectivity index (χ1v) is 6.81. The van der Waals surface area contributed by atoms with Gasteiger partial charge in [0.15, 0.2) is 0 Å². The zero-order chi connectivity index (χ0) is 14.3. The van der Waals surface area contributed by atoms with Crippen LogP contribution in [0.2, 0.25) is 0 Å². The molecular weight excluding hydrogens is 262 g/mol. The molecular formula is C12H17N5O3. The number of nitrogen functional groups attached to an aromatic ring is 1. The molecule has 108 valence electrons. The molecule has 3 rings (SSSR count). The molecule has 1 amide bonds. The third kappa shape index (κ3) is 2.00. The first-order valence-electron chi connectivity index (χ1n) is 6.81. The number of H-pyrrole nitrogens is 1. The summed E-state index contributed by atoms with van der Waals surface area (Å²) in [7, 11) is 0. The number of nitrogens with zero attached hydrogens (tertiary/aromatic N) is 3. The van der Waals surface area contributed by atoms with Gasteiger partial charge in [0.05, 0.1) is 0 Å². The number of rotatable bonds is 2. The molecule has 8 heteroatoms. The Bertz CT molecular complexity index is 543. The Labute approximate surface area is 115 Å². The standard InChI is InChI=1S/C12H17N5O3/c13-12-14-9(15-16-12)10(18)17-7-4-2-1-3-6(7)5-8(17)11(19)20/h6-8H,1-5H2,(H,19,20)(H3,13,14,15,16). The molecule has 2 aliphatic rings. The van der Waals surface area contributed by atoms with Gasteiger partial charge in [-0.1, -0.05) is 12.8 Å². The smallest absolute Gasteiger partial charge is 0.326 e. The van der Waals surface area contributed by atoms with E-state index in [0.717, 1.165) is 25.7 Å². The van der Waals surface area contributed by atoms with E-state index in [-0.39, 0.29) is 23.7 Å². The average Bonchev–Trinajstić information content (AvgIpc) is 3.01. The van der Waals surface area contributed by atoms with Crippen molar-refractivity contribution >= 4 is 17.8 Å². The van der Waals surface area contributed by atoms with Gasteiger partial charge in [0.2, 0.25) is 11.8 Å². The number of nitrogens with one attached hydrogen (secondary N) is 1. The summed E-state index contributed by atoms with van der Waals surface area (Å²) in [6.45, 7) is 0. The second-order valence-electron chi connectivity index (χ2n) is 5.46. The maximum absolute atomic E-state index is 12.5. The fraction of sp³-hybridized carbons (Fsp3) is 0.667. The van der Waals surface area contributed by atoms with E-state index < -0.39 is 17.9 Å². The highest BCUT2D eigenvalue weighted by atomic mass is 16.4. The summed E-state index contributed by atoms with van der Waals surface area (Å²) in [6.07, 6.45) is 4.48. The minimum Gasteiger partial charge on any atom is -0.480 e. The fourth-order valence-electron chi connectivity index (χ4n) is 3.47. The van der Waals surface area contributed by atoms with Crippen LogP contribution in [0.3, 0.4) is 0 Å². The predicted octanol–water partition coefficient (Wildman–Crippen LogP) is 0.245. The lowest BCUT2D eigenvalue weighted by molar-refractivity contribution is -0.141. The van der Waals surface area contributed by atoms with E-state index in [1.165, 1.54) is 4.90 Å². The molecule has 1 saturated carbocycles. The van der Waals surface area contributed by atoms with Crippen molar-refractivity contribution < 1.29 is 14.7 Å². The van der Waals surface area contributed by atoms with Gasteiger partial charge < -0.3 is 15.7 Å². The number of anilines is 1. The Morgan fingerprint density at radius 3 is 2.75 bits per heavy atom. The molecule has 1 aromatic heterocycles. The minimum atomic E-state index is -0.958. The van der Waals surface area contributed by atoms with Crippen molar-refractivity contribution in [3.05, 3.63) is 5.82 Å². The quantitative estimate of drug-likeness (QED) is 0.712. The molecule has 1 saturated heterocycles. The average molecular weight is 279 g/mol. The Hall–Kier alpha value is -2.12. The molecule has 0 spiro atoms. The van der Waals surface area contributed by atoms with Crippen molar-refractivity contribution in [2.24, 2.45) is 5.92 Å². The van der Waals surface area contributed by atoms with Gasteiger partial charge in [0.25, 0.3) is 5.91 Å². The number of carbonyl (C=O) groups excluding carboxylic acids is 1. The number of likely N-dealkylation sites (tertiary alicyclic amines) is 1. The van der Waals surface area contributed by atoms with Crippen LogP contribution in [0, 0.1) is 5.92 Å². The largest absolute Gasteiger partial charge is 0.480 e. The number of aromatic amines is 1. The van der Waals surface area contributed by atoms with E-state index in [1.807, 2.05) is 0 Å². The molecule has 2 fully saturated rings. The van der Waals surface area contributed by atoms with Gasteiger partial charge in [0, 0.05) is 6.04 Å². The zero-order valence-electron chi connectivity index (χ0n) is 11.0. The van der Waals surface area contributed by atoms with Crippen LogP contribution in [0.25, 0.3) is 0 Å². The maximum Gasteiger partial charge on any atom is 0.326 e. The third-order valence-electron chi connectivity index (χ3n) is 4.31. The summed E-state index contributed by atoms with van der Waals surface area (Å²) in [6, 6.07) is -0.786. The molecule has 20 heavy (non-hydrogen) atoms. The number of carbonyl (C=O) groups is 2. The molecule has 0 aromatic carbocycles. The Kier molecular flexibility index (Phi) is 3.07. The highest BCUT2D eigenvalue weighted by Crippen LogP contribution is 2.40. The number of aromatic nitrogens is 3. The van der Waals surface area contributed by atoms with E-state index in [0.29, 0.717) is 6.42 Å². The van der Waals surface area contributed by atoms with Crippen molar-refractivity contribution in [1.29, 1.82) is 0 Å². The highest BCUT2D eigenvalue weighted by Gasteiger charge is 2.48. The number of aliphatic carboxylic acids is 1. The molecule has 8 nitrogen and oxygen atoms in total. The third-order valence-corrected chi connectivity index (χ3v) is 4.31. The van der Waals surface area contributed by atoms with Gasteiger partial charge >= 0.3 is 5.97 Å². The van der Waals surface area contributed by atoms with Gasteiger partial charge in [-0.15, -0.1) is 5.10 Å². The molecule has 0 radical (unpaired) electrons. The number of carboxylic acids is 1. The van der Waals surface area contributed by atoms with Crippen LogP contribution in [0.1, 0.15) is 42.7 Å². The molecule has 3 unspecified atom stereocenters. The Morgan fingerprint density at radius 1 is 1.35 bits per heavy atom. The lowest BCUT2D eigenvalue weighted by Crippen LogP contribution is -2.46. The van der Waals surface area contributed by atoms with Gasteiger partial charge in [0.1, 0.15) is 6.04 Å². The van der Waals surface area contributed by atoms with Crippen LogP contribution >= 0.6 is 0 Å². The monoisotopic (exact) mass is 279 g/mol. The lowest BCUT2D eigenvalue weighted by atomic mass is 9.85. The maximum atomic E-state index is 12.5. The number of amides is 1.